The molecule has 2 fully saturated rings. The summed E-state index contributed by atoms with van der Waals surface area (Å²) in [4.78, 5) is 23.2. The maximum absolute atomic E-state index is 11.8. The van der Waals surface area contributed by atoms with Crippen LogP contribution in [0.4, 0.5) is 0 Å². The molecule has 2 N–H and O–H groups in total. The Morgan fingerprint density at radius 1 is 1.12 bits per heavy atom. The van der Waals surface area contributed by atoms with E-state index in [0.717, 1.165) is 19.3 Å². The van der Waals surface area contributed by atoms with Gasteiger partial charge in [-0.3, -0.25) is 9.59 Å². The van der Waals surface area contributed by atoms with Crippen molar-refractivity contribution in [2.45, 2.75) is 90.2 Å². The summed E-state index contributed by atoms with van der Waals surface area (Å²) in [5.74, 6) is 0.631. The van der Waals surface area contributed by atoms with E-state index >= 15 is 0 Å². The molecule has 140 valence electrons. The van der Waals surface area contributed by atoms with Crippen LogP contribution in [0.5, 0.6) is 0 Å². The number of carbonyl (C=O) groups is 2. The first-order chi connectivity index (χ1) is 11.6. The Bertz CT molecular complexity index is 360. The Labute approximate surface area is 146 Å². The predicted octanol–water partition coefficient (Wildman–Crippen LogP) is 2.99. The molecule has 5 nitrogen and oxygen atoms in total. The van der Waals surface area contributed by atoms with E-state index in [-0.39, 0.29) is 24.5 Å². The molecule has 0 atom stereocenters. The van der Waals surface area contributed by atoms with E-state index in [1.54, 1.807) is 6.92 Å². The second kappa shape index (κ2) is 12.4. The number of aliphatic hydroxyl groups is 1. The third kappa shape index (κ3) is 8.25. The molecule has 0 bridgehead atoms. The van der Waals surface area contributed by atoms with E-state index in [1.165, 1.54) is 32.1 Å². The lowest BCUT2D eigenvalue weighted by Gasteiger charge is -2.34. The maximum Gasteiger partial charge on any atom is 0.220 e. The van der Waals surface area contributed by atoms with Crippen LogP contribution in [0.2, 0.25) is 0 Å². The number of nitrogens with one attached hydrogen (secondary N) is 1. The summed E-state index contributed by atoms with van der Waals surface area (Å²) in [5.41, 5.74) is 0. The first-order valence-corrected chi connectivity index (χ1v) is 9.65. The Hall–Kier alpha value is -0.940. The van der Waals surface area contributed by atoms with E-state index in [0.29, 0.717) is 31.3 Å². The number of rotatable bonds is 8. The molecular formula is C19H35NO4. The van der Waals surface area contributed by atoms with E-state index in [4.69, 9.17) is 9.84 Å². The minimum atomic E-state index is 0.106. The van der Waals surface area contributed by atoms with Gasteiger partial charge in [0.05, 0.1) is 6.10 Å². The van der Waals surface area contributed by atoms with Crippen LogP contribution in [0, 0.1) is 5.92 Å². The van der Waals surface area contributed by atoms with Crippen molar-refractivity contribution in [3.63, 3.8) is 0 Å². The zero-order chi connectivity index (χ0) is 17.8. The number of ether oxygens (including phenoxy) is 1. The van der Waals surface area contributed by atoms with Crippen molar-refractivity contribution in [2.24, 2.45) is 5.92 Å². The van der Waals surface area contributed by atoms with Gasteiger partial charge in [0.2, 0.25) is 5.91 Å². The zero-order valence-corrected chi connectivity index (χ0v) is 15.4. The molecular weight excluding hydrogens is 306 g/mol. The van der Waals surface area contributed by atoms with Gasteiger partial charge in [-0.1, -0.05) is 26.2 Å². The summed E-state index contributed by atoms with van der Waals surface area (Å²) in [5, 5.41) is 10.6. The van der Waals surface area contributed by atoms with Gasteiger partial charge in [-0.15, -0.1) is 0 Å². The predicted molar refractivity (Wildman–Crippen MR) is 94.8 cm³/mol. The molecule has 0 aromatic carbocycles. The average Bonchev–Trinajstić information content (AvgIpc) is 2.55. The van der Waals surface area contributed by atoms with Gasteiger partial charge in [0, 0.05) is 38.0 Å². The summed E-state index contributed by atoms with van der Waals surface area (Å²) < 4.78 is 5.82. The van der Waals surface area contributed by atoms with Crippen LogP contribution in [-0.4, -0.2) is 42.2 Å². The quantitative estimate of drug-likeness (QED) is 0.666. The van der Waals surface area contributed by atoms with Gasteiger partial charge in [-0.05, 0) is 39.0 Å². The largest absolute Gasteiger partial charge is 0.397 e. The normalized spacial score (nSPS) is 23.6. The first kappa shape index (κ1) is 21.1. The van der Waals surface area contributed by atoms with E-state index in [1.807, 2.05) is 6.92 Å². The number of hydrogen-bond acceptors (Lipinski definition) is 4. The zero-order valence-electron chi connectivity index (χ0n) is 15.4. The van der Waals surface area contributed by atoms with Crippen LogP contribution in [0.15, 0.2) is 0 Å². The van der Waals surface area contributed by atoms with E-state index in [2.05, 4.69) is 5.32 Å². The van der Waals surface area contributed by atoms with Crippen LogP contribution < -0.4 is 5.32 Å². The molecule has 2 aliphatic carbocycles. The SMILES string of the molecule is CCC(=O)C1CC(NC(=O)CCCOC2CCCCC2)C1.CCO. The van der Waals surface area contributed by atoms with Crippen molar-refractivity contribution in [3.05, 3.63) is 0 Å². The highest BCUT2D eigenvalue weighted by atomic mass is 16.5. The molecule has 1 amide bonds. The molecule has 24 heavy (non-hydrogen) atoms. The molecule has 0 radical (unpaired) electrons. The lowest BCUT2D eigenvalue weighted by molar-refractivity contribution is -0.129. The van der Waals surface area contributed by atoms with Gasteiger partial charge in [0.15, 0.2) is 0 Å². The van der Waals surface area contributed by atoms with Crippen molar-refractivity contribution in [1.29, 1.82) is 0 Å². The topological polar surface area (TPSA) is 75.6 Å². The first-order valence-electron chi connectivity index (χ1n) is 9.65. The summed E-state index contributed by atoms with van der Waals surface area (Å²) in [6.45, 7) is 4.53. The molecule has 5 heteroatoms. The Morgan fingerprint density at radius 3 is 2.33 bits per heavy atom. The highest BCUT2D eigenvalue weighted by Gasteiger charge is 2.33. The monoisotopic (exact) mass is 341 g/mol. The minimum absolute atomic E-state index is 0.106. The van der Waals surface area contributed by atoms with Crippen LogP contribution in [0.25, 0.3) is 0 Å². The second-order valence-corrected chi connectivity index (χ2v) is 6.80. The molecule has 0 heterocycles. The number of carbonyl (C=O) groups excluding carboxylic acids is 2. The van der Waals surface area contributed by atoms with Gasteiger partial charge in [0.1, 0.15) is 5.78 Å². The molecule has 0 aliphatic heterocycles. The van der Waals surface area contributed by atoms with Crippen molar-refractivity contribution in [3.8, 4) is 0 Å². The van der Waals surface area contributed by atoms with Gasteiger partial charge < -0.3 is 15.2 Å². The highest BCUT2D eigenvalue weighted by molar-refractivity contribution is 5.82. The highest BCUT2D eigenvalue weighted by Crippen LogP contribution is 2.29. The van der Waals surface area contributed by atoms with Gasteiger partial charge in [-0.2, -0.15) is 0 Å². The van der Waals surface area contributed by atoms with E-state index < -0.39 is 0 Å². The standard InChI is InChI=1S/C17H29NO3.C2H6O/c1-2-16(19)13-11-14(12-13)18-17(20)9-6-10-21-15-7-4-3-5-8-15;1-2-3/h13-15H,2-12H2,1H3,(H,18,20);3H,2H2,1H3. The Morgan fingerprint density at radius 2 is 1.75 bits per heavy atom. The summed E-state index contributed by atoms with van der Waals surface area (Å²) in [6.07, 6.45) is 10.3. The third-order valence-corrected chi connectivity index (χ3v) is 4.76. The van der Waals surface area contributed by atoms with E-state index in [9.17, 15) is 9.59 Å². The number of ketones is 1. The van der Waals surface area contributed by atoms with Crippen LogP contribution in [0.1, 0.15) is 78.1 Å². The molecule has 0 aromatic rings. The fourth-order valence-corrected chi connectivity index (χ4v) is 3.30. The number of aliphatic hydroxyl groups excluding tert-OH is 1. The van der Waals surface area contributed by atoms with Crippen molar-refractivity contribution >= 4 is 11.7 Å². The van der Waals surface area contributed by atoms with Gasteiger partial charge in [0.25, 0.3) is 0 Å². The average molecular weight is 341 g/mol. The molecule has 0 unspecified atom stereocenters. The fourth-order valence-electron chi connectivity index (χ4n) is 3.30. The van der Waals surface area contributed by atoms with Gasteiger partial charge >= 0.3 is 0 Å². The van der Waals surface area contributed by atoms with Crippen molar-refractivity contribution in [1.82, 2.24) is 5.32 Å². The lowest BCUT2D eigenvalue weighted by atomic mass is 9.77. The van der Waals surface area contributed by atoms with Crippen LogP contribution in [-0.2, 0) is 14.3 Å². The molecule has 0 aromatic heterocycles. The minimum Gasteiger partial charge on any atom is -0.397 e. The summed E-state index contributed by atoms with van der Waals surface area (Å²) in [7, 11) is 0. The fraction of sp³-hybridized carbons (Fsp3) is 0.895. The molecule has 0 saturated heterocycles. The van der Waals surface area contributed by atoms with Gasteiger partial charge in [-0.25, -0.2) is 0 Å². The Balaban J connectivity index is 0.000000891. The Kier molecular flexibility index (Phi) is 10.9. The molecule has 0 spiro atoms. The molecule has 2 rings (SSSR count). The number of hydrogen-bond donors (Lipinski definition) is 2. The number of Topliss-reactive ketones (excluding diaryl/α,β-unsaturated/α-hetero) is 1. The maximum atomic E-state index is 11.8. The molecule has 2 saturated carbocycles. The number of amides is 1. The second-order valence-electron chi connectivity index (χ2n) is 6.80. The summed E-state index contributed by atoms with van der Waals surface area (Å²) in [6, 6.07) is 0.220. The van der Waals surface area contributed by atoms with Crippen LogP contribution >= 0.6 is 0 Å². The van der Waals surface area contributed by atoms with Crippen LogP contribution in [0.3, 0.4) is 0 Å². The summed E-state index contributed by atoms with van der Waals surface area (Å²) >= 11 is 0. The lowest BCUT2D eigenvalue weighted by Crippen LogP contribution is -2.46. The smallest absolute Gasteiger partial charge is 0.220 e. The third-order valence-electron chi connectivity index (χ3n) is 4.76. The van der Waals surface area contributed by atoms with Crippen molar-refractivity contribution < 1.29 is 19.4 Å². The molecule has 2 aliphatic rings. The van der Waals surface area contributed by atoms with Crippen molar-refractivity contribution in [2.75, 3.05) is 13.2 Å².